The Bertz CT molecular complexity index is 1680. The van der Waals surface area contributed by atoms with Crippen LogP contribution in [0.4, 0.5) is 0 Å². The Hall–Kier alpha value is -3.56. The molecule has 0 bridgehead atoms. The van der Waals surface area contributed by atoms with E-state index in [1.807, 2.05) is 29.3 Å². The number of carbonyl (C=O) groups excluding carboxylic acids is 1. The topological polar surface area (TPSA) is 74.9 Å². The molecule has 4 aromatic rings. The number of rotatable bonds is 8. The highest BCUT2D eigenvalue weighted by molar-refractivity contribution is 6.74. The molecule has 1 amide bonds. The van der Waals surface area contributed by atoms with Crippen LogP contribution in [-0.2, 0) is 11.0 Å². The van der Waals surface area contributed by atoms with Gasteiger partial charge >= 0.3 is 0 Å². The van der Waals surface area contributed by atoms with E-state index in [2.05, 4.69) is 44.5 Å². The lowest BCUT2D eigenvalue weighted by Crippen LogP contribution is -2.41. The van der Waals surface area contributed by atoms with E-state index in [1.165, 1.54) is 0 Å². The van der Waals surface area contributed by atoms with Gasteiger partial charge in [0.05, 0.1) is 43.0 Å². The van der Waals surface area contributed by atoms with Crippen molar-refractivity contribution in [3.63, 3.8) is 0 Å². The summed E-state index contributed by atoms with van der Waals surface area (Å²) in [6.07, 6.45) is 6.83. The lowest BCUT2D eigenvalue weighted by atomic mass is 10.0. The van der Waals surface area contributed by atoms with Gasteiger partial charge in [0.2, 0.25) is 0 Å². The number of fused-ring (bicyclic) bond motifs is 2. The van der Waals surface area contributed by atoms with Gasteiger partial charge in [0.25, 0.3) is 11.5 Å². The molecule has 0 atom stereocenters. The van der Waals surface area contributed by atoms with E-state index in [1.54, 1.807) is 37.1 Å². The van der Waals surface area contributed by atoms with Gasteiger partial charge in [-0.15, -0.1) is 0 Å². The fourth-order valence-electron chi connectivity index (χ4n) is 5.51. The number of aromatic nitrogens is 2. The molecule has 1 aliphatic heterocycles. The van der Waals surface area contributed by atoms with Gasteiger partial charge in [-0.05, 0) is 67.7 Å². The van der Waals surface area contributed by atoms with Gasteiger partial charge in [-0.2, -0.15) is 0 Å². The van der Waals surface area contributed by atoms with Gasteiger partial charge in [-0.25, -0.2) is 0 Å². The van der Waals surface area contributed by atoms with E-state index >= 15 is 0 Å². The predicted octanol–water partition coefficient (Wildman–Crippen LogP) is 6.61. The lowest BCUT2D eigenvalue weighted by molar-refractivity contribution is 0.0725. The van der Waals surface area contributed by atoms with Gasteiger partial charge in [-0.1, -0.05) is 26.8 Å². The predicted molar refractivity (Wildman–Crippen MR) is 171 cm³/mol. The molecule has 1 saturated heterocycles. The smallest absolute Gasteiger partial charge is 0.263 e. The normalized spacial score (nSPS) is 14.5. The summed E-state index contributed by atoms with van der Waals surface area (Å²) in [6, 6.07) is 11.4. The molecular formula is C33H43N3O5Si. The molecule has 2 aromatic carbocycles. The second-order valence-corrected chi connectivity index (χ2v) is 17.5. The molecule has 2 aromatic heterocycles. The highest BCUT2D eigenvalue weighted by Crippen LogP contribution is 2.37. The van der Waals surface area contributed by atoms with E-state index in [-0.39, 0.29) is 16.5 Å². The molecule has 0 aliphatic carbocycles. The molecule has 9 heteroatoms. The maximum atomic E-state index is 14.1. The zero-order chi connectivity index (χ0) is 30.2. The Morgan fingerprint density at radius 2 is 1.60 bits per heavy atom. The lowest BCUT2D eigenvalue weighted by Gasteiger charge is -2.36. The number of piperidine rings is 1. The Kier molecular flexibility index (Phi) is 8.27. The van der Waals surface area contributed by atoms with Crippen LogP contribution in [0.15, 0.2) is 53.6 Å². The van der Waals surface area contributed by atoms with Crippen molar-refractivity contribution in [2.24, 2.45) is 0 Å². The minimum absolute atomic E-state index is 0.0757. The molecule has 224 valence electrons. The Balaban J connectivity index is 1.61. The minimum Gasteiger partial charge on any atom is -0.493 e. The second kappa shape index (κ2) is 11.6. The number of hydrogen-bond acceptors (Lipinski definition) is 5. The van der Waals surface area contributed by atoms with Crippen LogP contribution >= 0.6 is 0 Å². The van der Waals surface area contributed by atoms with E-state index in [9.17, 15) is 9.59 Å². The Labute approximate surface area is 248 Å². The first-order valence-corrected chi connectivity index (χ1v) is 17.7. The van der Waals surface area contributed by atoms with Gasteiger partial charge in [0.15, 0.2) is 19.8 Å². The first-order valence-electron chi connectivity index (χ1n) is 14.8. The maximum absolute atomic E-state index is 14.1. The molecule has 42 heavy (non-hydrogen) atoms. The SMILES string of the molecule is COc1cc2c(C(=O)N3CCCCC3)cn(-c3cccc4c3ccn4CCO[Si](C)(C)C(C)(C)C)c(=O)c2cc1OC. The average Bonchev–Trinajstić information content (AvgIpc) is 3.39. The second-order valence-electron chi connectivity index (χ2n) is 12.7. The average molecular weight is 590 g/mol. The van der Waals surface area contributed by atoms with Crippen LogP contribution in [0.25, 0.3) is 27.4 Å². The molecular weight excluding hydrogens is 546 g/mol. The molecule has 0 radical (unpaired) electrons. The molecule has 0 saturated carbocycles. The zero-order valence-corrected chi connectivity index (χ0v) is 27.0. The Morgan fingerprint density at radius 3 is 2.24 bits per heavy atom. The van der Waals surface area contributed by atoms with Gasteiger partial charge < -0.3 is 23.4 Å². The number of nitrogens with zero attached hydrogens (tertiary/aromatic N) is 3. The molecule has 1 aliphatic rings. The summed E-state index contributed by atoms with van der Waals surface area (Å²) >= 11 is 0. The largest absolute Gasteiger partial charge is 0.493 e. The number of methoxy groups -OCH3 is 2. The molecule has 0 unspecified atom stereocenters. The van der Waals surface area contributed by atoms with Crippen LogP contribution in [0.5, 0.6) is 11.5 Å². The first-order chi connectivity index (χ1) is 20.0. The third-order valence-electron chi connectivity index (χ3n) is 9.05. The first kappa shape index (κ1) is 29.9. The molecule has 3 heterocycles. The quantitative estimate of drug-likeness (QED) is 0.216. The molecule has 0 N–H and O–H groups in total. The fourth-order valence-corrected chi connectivity index (χ4v) is 6.55. The Morgan fingerprint density at radius 1 is 0.929 bits per heavy atom. The van der Waals surface area contributed by atoms with Gasteiger partial charge in [0, 0.05) is 42.8 Å². The van der Waals surface area contributed by atoms with Crippen molar-refractivity contribution in [1.82, 2.24) is 14.0 Å². The van der Waals surface area contributed by atoms with Crippen molar-refractivity contribution in [3.8, 4) is 17.2 Å². The molecule has 1 fully saturated rings. The van der Waals surface area contributed by atoms with Crippen molar-refractivity contribution in [2.75, 3.05) is 33.9 Å². The van der Waals surface area contributed by atoms with E-state index in [0.29, 0.717) is 54.1 Å². The van der Waals surface area contributed by atoms with E-state index in [4.69, 9.17) is 13.9 Å². The number of benzene rings is 2. The van der Waals surface area contributed by atoms with Crippen molar-refractivity contribution < 1.29 is 18.7 Å². The summed E-state index contributed by atoms with van der Waals surface area (Å²) in [5.41, 5.74) is 2.00. The third-order valence-corrected chi connectivity index (χ3v) is 13.6. The van der Waals surface area contributed by atoms with Crippen molar-refractivity contribution >= 4 is 35.9 Å². The zero-order valence-electron chi connectivity index (χ0n) is 26.0. The number of amides is 1. The highest BCUT2D eigenvalue weighted by atomic mass is 28.4. The number of likely N-dealkylation sites (tertiary alicyclic amines) is 1. The summed E-state index contributed by atoms with van der Waals surface area (Å²) in [7, 11) is 1.24. The fraction of sp³-hybridized carbons (Fsp3) is 0.455. The van der Waals surface area contributed by atoms with Crippen molar-refractivity contribution in [3.05, 3.63) is 64.7 Å². The van der Waals surface area contributed by atoms with Crippen LogP contribution in [0.3, 0.4) is 0 Å². The summed E-state index contributed by atoms with van der Waals surface area (Å²) in [4.78, 5) is 29.9. The third kappa shape index (κ3) is 5.47. The standard InChI is InChI=1S/C33H43N3O5Si/c1-33(2,3)42(6,7)41-19-18-34-17-14-23-27(34)12-11-13-28(23)36-22-26(31(37)35-15-9-8-10-16-35)24-20-29(39-4)30(40-5)21-25(24)32(36)38/h11-14,17,20-22H,8-10,15-16,18-19H2,1-7H3. The van der Waals surface area contributed by atoms with Crippen molar-refractivity contribution in [1.29, 1.82) is 0 Å². The number of pyridine rings is 1. The van der Waals surface area contributed by atoms with Crippen LogP contribution < -0.4 is 15.0 Å². The summed E-state index contributed by atoms with van der Waals surface area (Å²) in [5, 5.41) is 2.06. The van der Waals surface area contributed by atoms with Crippen LogP contribution in [0.2, 0.25) is 18.1 Å². The molecule has 5 rings (SSSR count). The number of hydrogen-bond donors (Lipinski definition) is 0. The van der Waals surface area contributed by atoms with Gasteiger partial charge in [0.1, 0.15) is 0 Å². The minimum atomic E-state index is -1.86. The summed E-state index contributed by atoms with van der Waals surface area (Å²) < 4.78 is 21.3. The van der Waals surface area contributed by atoms with E-state index in [0.717, 1.165) is 35.9 Å². The number of ether oxygens (including phenoxy) is 2. The van der Waals surface area contributed by atoms with Crippen molar-refractivity contribution in [2.45, 2.75) is 64.7 Å². The number of carbonyl (C=O) groups is 1. The summed E-state index contributed by atoms with van der Waals surface area (Å²) in [5.74, 6) is 0.851. The molecule has 0 spiro atoms. The highest BCUT2D eigenvalue weighted by Gasteiger charge is 2.37. The van der Waals surface area contributed by atoms with Crippen LogP contribution in [0.1, 0.15) is 50.4 Å². The van der Waals surface area contributed by atoms with Crippen LogP contribution in [0, 0.1) is 0 Å². The monoisotopic (exact) mass is 589 g/mol. The van der Waals surface area contributed by atoms with Gasteiger partial charge in [-0.3, -0.25) is 14.2 Å². The van der Waals surface area contributed by atoms with E-state index < -0.39 is 8.32 Å². The summed E-state index contributed by atoms with van der Waals surface area (Å²) in [6.45, 7) is 14.0. The molecule has 8 nitrogen and oxygen atoms in total. The maximum Gasteiger partial charge on any atom is 0.263 e. The van der Waals surface area contributed by atoms with Crippen LogP contribution in [-0.4, -0.2) is 62.2 Å².